The molecule has 38 heavy (non-hydrogen) atoms. The van der Waals surface area contributed by atoms with Crippen LogP contribution in [-0.2, 0) is 19.0 Å². The van der Waals surface area contributed by atoms with Crippen LogP contribution in [0.3, 0.4) is 0 Å². The van der Waals surface area contributed by atoms with E-state index in [1.54, 1.807) is 17.2 Å². The van der Waals surface area contributed by atoms with Gasteiger partial charge in [-0.2, -0.15) is 0 Å². The number of hydrogen-bond acceptors (Lipinski definition) is 9. The SMILES string of the molecule is C[C@H]1CN(C(=O)OC(C)(C)C)CCCN1c1nccc(C(=O)C2CCC3(CCCCC34OCCO4)C2=O)n1. The maximum Gasteiger partial charge on any atom is 0.410 e. The molecule has 2 spiro atoms. The molecule has 3 heterocycles. The first-order valence-electron chi connectivity index (χ1n) is 14.0. The van der Waals surface area contributed by atoms with E-state index in [-0.39, 0.29) is 29.4 Å². The highest BCUT2D eigenvalue weighted by Crippen LogP contribution is 2.57. The van der Waals surface area contributed by atoms with Crippen LogP contribution in [0.15, 0.2) is 12.3 Å². The molecule has 4 aliphatic rings. The summed E-state index contributed by atoms with van der Waals surface area (Å²) in [5.74, 6) is -1.50. The summed E-state index contributed by atoms with van der Waals surface area (Å²) in [7, 11) is 0. The lowest BCUT2D eigenvalue weighted by atomic mass is 9.66. The summed E-state index contributed by atoms with van der Waals surface area (Å²) in [5, 5.41) is 0. The van der Waals surface area contributed by atoms with Gasteiger partial charge >= 0.3 is 6.09 Å². The first-order valence-corrected chi connectivity index (χ1v) is 14.0. The minimum Gasteiger partial charge on any atom is -0.444 e. The maximum absolute atomic E-state index is 13.9. The van der Waals surface area contributed by atoms with Crippen LogP contribution in [0.5, 0.6) is 0 Å². The van der Waals surface area contributed by atoms with Crippen molar-refractivity contribution in [2.75, 3.05) is 37.7 Å². The van der Waals surface area contributed by atoms with Gasteiger partial charge in [-0.15, -0.1) is 0 Å². The van der Waals surface area contributed by atoms with Crippen molar-refractivity contribution in [3.8, 4) is 0 Å². The summed E-state index contributed by atoms with van der Waals surface area (Å²) in [5.41, 5.74) is -1.06. The van der Waals surface area contributed by atoms with Crippen LogP contribution in [0, 0.1) is 11.3 Å². The van der Waals surface area contributed by atoms with Crippen LogP contribution in [-0.4, -0.2) is 82.8 Å². The average molecular weight is 529 g/mol. The van der Waals surface area contributed by atoms with Crippen molar-refractivity contribution < 1.29 is 28.6 Å². The quantitative estimate of drug-likeness (QED) is 0.427. The lowest BCUT2D eigenvalue weighted by molar-refractivity contribution is -0.246. The highest BCUT2D eigenvalue weighted by Gasteiger charge is 2.65. The van der Waals surface area contributed by atoms with E-state index < -0.39 is 22.7 Å². The van der Waals surface area contributed by atoms with Crippen molar-refractivity contribution >= 4 is 23.6 Å². The lowest BCUT2D eigenvalue weighted by Gasteiger charge is -2.46. The second kappa shape index (κ2) is 10.2. The Labute approximate surface area is 224 Å². The zero-order chi connectivity index (χ0) is 27.1. The third-order valence-electron chi connectivity index (χ3n) is 8.45. The van der Waals surface area contributed by atoms with Crippen molar-refractivity contribution in [3.05, 3.63) is 18.0 Å². The van der Waals surface area contributed by atoms with E-state index in [0.717, 1.165) is 19.3 Å². The van der Waals surface area contributed by atoms with Crippen LogP contribution >= 0.6 is 0 Å². The number of anilines is 1. The topological polar surface area (TPSA) is 111 Å². The fourth-order valence-corrected chi connectivity index (χ4v) is 6.70. The standard InChI is InChI=1S/C28H40N4O6/c1-19-18-31(25(35)38-26(2,3)4)14-7-15-32(19)24-29-13-9-21(30-24)22(33)20-8-12-27(23(20)34)10-5-6-11-28(27)36-16-17-37-28/h9,13,19-20H,5-8,10-12,14-18H2,1-4H3/t19-,20?,27?/m0/s1. The third-order valence-corrected chi connectivity index (χ3v) is 8.45. The molecule has 0 N–H and O–H groups in total. The molecule has 1 amide bonds. The Morgan fingerprint density at radius 3 is 2.55 bits per heavy atom. The molecule has 2 unspecified atom stereocenters. The normalized spacial score (nSPS) is 29.6. The molecule has 0 bridgehead atoms. The number of aromatic nitrogens is 2. The number of rotatable bonds is 3. The minimum atomic E-state index is -0.879. The number of ether oxygens (including phenoxy) is 3. The number of carbonyl (C=O) groups is 3. The zero-order valence-electron chi connectivity index (χ0n) is 23.0. The smallest absolute Gasteiger partial charge is 0.410 e. The summed E-state index contributed by atoms with van der Waals surface area (Å²) in [6.07, 6.45) is 6.35. The number of Topliss-reactive ketones (excluding diaryl/α,β-unsaturated/α-hetero) is 2. The Kier molecular flexibility index (Phi) is 7.24. The van der Waals surface area contributed by atoms with Crippen LogP contribution in [0.4, 0.5) is 10.7 Å². The van der Waals surface area contributed by atoms with Crippen LogP contribution in [0.25, 0.3) is 0 Å². The van der Waals surface area contributed by atoms with Gasteiger partial charge < -0.3 is 24.0 Å². The van der Waals surface area contributed by atoms with Crippen molar-refractivity contribution in [2.45, 2.75) is 90.1 Å². The molecule has 208 valence electrons. The lowest BCUT2D eigenvalue weighted by Crippen LogP contribution is -2.55. The summed E-state index contributed by atoms with van der Waals surface area (Å²) in [6, 6.07) is 1.52. The van der Waals surface area contributed by atoms with Crippen molar-refractivity contribution in [1.29, 1.82) is 0 Å². The second-order valence-electron chi connectivity index (χ2n) is 12.1. The average Bonchev–Trinajstić information content (AvgIpc) is 3.41. The van der Waals surface area contributed by atoms with Crippen LogP contribution < -0.4 is 4.90 Å². The Hall–Kier alpha value is -2.59. The molecule has 2 aliphatic carbocycles. The monoisotopic (exact) mass is 528 g/mol. The molecule has 0 radical (unpaired) electrons. The van der Waals surface area contributed by atoms with E-state index in [0.29, 0.717) is 64.5 Å². The van der Waals surface area contributed by atoms with Gasteiger partial charge in [-0.05, 0) is 65.9 Å². The number of carbonyl (C=O) groups excluding carboxylic acids is 3. The molecule has 10 nitrogen and oxygen atoms in total. The van der Waals surface area contributed by atoms with E-state index in [1.165, 1.54) is 0 Å². The Bertz CT molecular complexity index is 1080. The number of hydrogen-bond donors (Lipinski definition) is 0. The molecular formula is C28H40N4O6. The summed E-state index contributed by atoms with van der Waals surface area (Å²) in [4.78, 5) is 53.0. The van der Waals surface area contributed by atoms with Gasteiger partial charge in [-0.1, -0.05) is 6.42 Å². The predicted molar refractivity (Wildman–Crippen MR) is 139 cm³/mol. The van der Waals surface area contributed by atoms with Gasteiger partial charge in [0.05, 0.1) is 24.5 Å². The largest absolute Gasteiger partial charge is 0.444 e. The van der Waals surface area contributed by atoms with Gasteiger partial charge in [-0.25, -0.2) is 14.8 Å². The molecule has 2 saturated heterocycles. The van der Waals surface area contributed by atoms with Crippen molar-refractivity contribution in [3.63, 3.8) is 0 Å². The van der Waals surface area contributed by atoms with Gasteiger partial charge in [0.15, 0.2) is 17.4 Å². The van der Waals surface area contributed by atoms with E-state index in [4.69, 9.17) is 14.2 Å². The Morgan fingerprint density at radius 1 is 1.08 bits per heavy atom. The minimum absolute atomic E-state index is 0.0552. The summed E-state index contributed by atoms with van der Waals surface area (Å²) < 4.78 is 17.7. The molecule has 3 atom stereocenters. The third kappa shape index (κ3) is 4.81. The molecule has 2 saturated carbocycles. The van der Waals surface area contributed by atoms with E-state index in [1.807, 2.05) is 32.6 Å². The first-order chi connectivity index (χ1) is 18.1. The predicted octanol–water partition coefficient (Wildman–Crippen LogP) is 3.78. The molecule has 2 aliphatic heterocycles. The highest BCUT2D eigenvalue weighted by molar-refractivity contribution is 6.13. The van der Waals surface area contributed by atoms with E-state index in [2.05, 4.69) is 9.97 Å². The first kappa shape index (κ1) is 27.0. The number of amides is 1. The van der Waals surface area contributed by atoms with Crippen molar-refractivity contribution in [1.82, 2.24) is 14.9 Å². The summed E-state index contributed by atoms with van der Waals surface area (Å²) in [6.45, 7) is 10.2. The Morgan fingerprint density at radius 2 is 1.82 bits per heavy atom. The van der Waals surface area contributed by atoms with Gasteiger partial charge in [0.25, 0.3) is 0 Å². The maximum atomic E-state index is 13.9. The van der Waals surface area contributed by atoms with Gasteiger partial charge in [0.1, 0.15) is 11.3 Å². The number of nitrogens with zero attached hydrogens (tertiary/aromatic N) is 4. The second-order valence-corrected chi connectivity index (χ2v) is 12.1. The van der Waals surface area contributed by atoms with Gasteiger partial charge in [0.2, 0.25) is 5.95 Å². The number of fused-ring (bicyclic) bond motifs is 1. The van der Waals surface area contributed by atoms with E-state index >= 15 is 0 Å². The molecule has 0 aromatic carbocycles. The fourth-order valence-electron chi connectivity index (χ4n) is 6.70. The van der Waals surface area contributed by atoms with Crippen molar-refractivity contribution in [2.24, 2.45) is 11.3 Å². The highest BCUT2D eigenvalue weighted by atomic mass is 16.7. The zero-order valence-corrected chi connectivity index (χ0v) is 23.0. The molecule has 4 fully saturated rings. The molecular weight excluding hydrogens is 488 g/mol. The molecule has 10 heteroatoms. The number of ketones is 2. The fraction of sp³-hybridized carbons (Fsp3) is 0.750. The Balaban J connectivity index is 1.31. The van der Waals surface area contributed by atoms with Crippen LogP contribution in [0.2, 0.25) is 0 Å². The van der Waals surface area contributed by atoms with Gasteiger partial charge in [-0.3, -0.25) is 9.59 Å². The van der Waals surface area contributed by atoms with Crippen LogP contribution in [0.1, 0.15) is 83.1 Å². The molecule has 1 aromatic heterocycles. The van der Waals surface area contributed by atoms with Gasteiger partial charge in [0, 0.05) is 38.3 Å². The summed E-state index contributed by atoms with van der Waals surface area (Å²) >= 11 is 0. The molecule has 1 aromatic rings. The molecule has 5 rings (SSSR count). The van der Waals surface area contributed by atoms with E-state index in [9.17, 15) is 14.4 Å².